The molecule has 1 aromatic carbocycles. The maximum atomic E-state index is 12.5. The van der Waals surface area contributed by atoms with E-state index in [1.165, 1.54) is 6.08 Å². The van der Waals surface area contributed by atoms with Gasteiger partial charge in [-0.2, -0.15) is 0 Å². The van der Waals surface area contributed by atoms with E-state index in [0.29, 0.717) is 5.56 Å². The number of carbonyl (C=O) groups excluding carboxylic acids is 1. The number of amides is 1. The molecule has 1 amide bonds. The van der Waals surface area contributed by atoms with Crippen molar-refractivity contribution in [1.29, 1.82) is 0 Å². The molecule has 0 aliphatic carbocycles. The molecule has 0 saturated heterocycles. The Morgan fingerprint density at radius 3 is 2.33 bits per heavy atom. The molecule has 0 atom stereocenters. The van der Waals surface area contributed by atoms with Crippen LogP contribution in [-0.2, 0) is 4.79 Å². The maximum absolute atomic E-state index is 12.5. The molecule has 0 bridgehead atoms. The van der Waals surface area contributed by atoms with Gasteiger partial charge < -0.3 is 10.0 Å². The molecule has 1 N–H and O–H groups in total. The van der Waals surface area contributed by atoms with E-state index in [4.69, 9.17) is 5.11 Å². The number of rotatable bonds is 7. The summed E-state index contributed by atoms with van der Waals surface area (Å²) in [5.41, 5.74) is 2.31. The van der Waals surface area contributed by atoms with Crippen LogP contribution in [0.5, 0.6) is 0 Å². The van der Waals surface area contributed by atoms with E-state index >= 15 is 0 Å². The van der Waals surface area contributed by atoms with Gasteiger partial charge in [-0.15, -0.1) is 0 Å². The van der Waals surface area contributed by atoms with Gasteiger partial charge in [0.15, 0.2) is 0 Å². The first-order valence-electron chi connectivity index (χ1n) is 7.30. The van der Waals surface area contributed by atoms with Crippen LogP contribution in [0, 0.1) is 6.92 Å². The van der Waals surface area contributed by atoms with Gasteiger partial charge in [0.25, 0.3) is 5.91 Å². The normalized spacial score (nSPS) is 10.8. The van der Waals surface area contributed by atoms with Crippen molar-refractivity contribution in [2.24, 2.45) is 0 Å². The third-order valence-corrected chi connectivity index (χ3v) is 3.21. The predicted octanol–water partition coefficient (Wildman–Crippen LogP) is 3.36. The van der Waals surface area contributed by atoms with E-state index < -0.39 is 5.97 Å². The molecule has 0 saturated carbocycles. The number of aryl methyl sites for hydroxylation is 1. The zero-order valence-electron chi connectivity index (χ0n) is 12.9. The standard InChI is InChI=1S/C17H23NO3/c1-4-10-18(11-5-2)17(21)15-7-6-13(3)14(12-15)8-9-16(19)20/h6-9,12H,4-5,10-11H2,1-3H3,(H,19,20)/b9-8+. The second-order valence-corrected chi connectivity index (χ2v) is 5.04. The van der Waals surface area contributed by atoms with E-state index in [1.54, 1.807) is 12.1 Å². The number of hydrogen-bond acceptors (Lipinski definition) is 2. The minimum absolute atomic E-state index is 0.00340. The molecular weight excluding hydrogens is 266 g/mol. The molecule has 1 aromatic rings. The van der Waals surface area contributed by atoms with Gasteiger partial charge in [0.05, 0.1) is 0 Å². The van der Waals surface area contributed by atoms with Crippen LogP contribution in [0.3, 0.4) is 0 Å². The lowest BCUT2D eigenvalue weighted by Gasteiger charge is -2.21. The number of carbonyl (C=O) groups is 2. The molecular formula is C17H23NO3. The molecule has 1 rings (SSSR count). The van der Waals surface area contributed by atoms with Crippen LogP contribution in [-0.4, -0.2) is 35.0 Å². The molecule has 4 heteroatoms. The van der Waals surface area contributed by atoms with Crippen LogP contribution in [0.15, 0.2) is 24.3 Å². The Kier molecular flexibility index (Phi) is 6.66. The van der Waals surface area contributed by atoms with Crippen molar-refractivity contribution in [1.82, 2.24) is 4.90 Å². The van der Waals surface area contributed by atoms with Crippen molar-refractivity contribution in [3.05, 3.63) is 41.0 Å². The fraction of sp³-hybridized carbons (Fsp3) is 0.412. The van der Waals surface area contributed by atoms with E-state index in [2.05, 4.69) is 0 Å². The lowest BCUT2D eigenvalue weighted by atomic mass is 10.0. The summed E-state index contributed by atoms with van der Waals surface area (Å²) in [7, 11) is 0. The maximum Gasteiger partial charge on any atom is 0.328 e. The largest absolute Gasteiger partial charge is 0.478 e. The van der Waals surface area contributed by atoms with Crippen molar-refractivity contribution in [2.45, 2.75) is 33.6 Å². The Balaban J connectivity index is 3.04. The van der Waals surface area contributed by atoms with Crippen molar-refractivity contribution >= 4 is 18.0 Å². The Labute approximate surface area is 126 Å². The minimum atomic E-state index is -0.996. The summed E-state index contributed by atoms with van der Waals surface area (Å²) in [6.07, 6.45) is 4.46. The Morgan fingerprint density at radius 2 is 1.81 bits per heavy atom. The van der Waals surface area contributed by atoms with E-state index in [9.17, 15) is 9.59 Å². The van der Waals surface area contributed by atoms with Crippen molar-refractivity contribution < 1.29 is 14.7 Å². The van der Waals surface area contributed by atoms with Crippen LogP contribution >= 0.6 is 0 Å². The smallest absolute Gasteiger partial charge is 0.328 e. The topological polar surface area (TPSA) is 57.6 Å². The highest BCUT2D eigenvalue weighted by Gasteiger charge is 2.14. The minimum Gasteiger partial charge on any atom is -0.478 e. The quantitative estimate of drug-likeness (QED) is 0.783. The molecule has 4 nitrogen and oxygen atoms in total. The number of hydrogen-bond donors (Lipinski definition) is 1. The lowest BCUT2D eigenvalue weighted by Crippen LogP contribution is -2.32. The fourth-order valence-corrected chi connectivity index (χ4v) is 2.15. The van der Waals surface area contributed by atoms with Gasteiger partial charge in [-0.25, -0.2) is 4.79 Å². The zero-order valence-corrected chi connectivity index (χ0v) is 12.9. The molecule has 21 heavy (non-hydrogen) atoms. The number of nitrogens with zero attached hydrogens (tertiary/aromatic N) is 1. The SMILES string of the molecule is CCCN(CCC)C(=O)c1ccc(C)c(/C=C/C(=O)O)c1. The molecule has 0 aliphatic rings. The molecule has 0 aliphatic heterocycles. The Morgan fingerprint density at radius 1 is 1.19 bits per heavy atom. The first-order valence-corrected chi connectivity index (χ1v) is 7.30. The number of aliphatic carboxylic acids is 1. The van der Waals surface area contributed by atoms with Gasteiger partial charge in [-0.3, -0.25) is 4.79 Å². The Hall–Kier alpha value is -2.10. The zero-order chi connectivity index (χ0) is 15.8. The van der Waals surface area contributed by atoms with Crippen LogP contribution in [0.1, 0.15) is 48.2 Å². The summed E-state index contributed by atoms with van der Waals surface area (Å²) in [5.74, 6) is -0.992. The van der Waals surface area contributed by atoms with Gasteiger partial charge in [-0.05, 0) is 49.1 Å². The van der Waals surface area contributed by atoms with Crippen molar-refractivity contribution in [2.75, 3.05) is 13.1 Å². The molecule has 0 unspecified atom stereocenters. The summed E-state index contributed by atoms with van der Waals surface area (Å²) < 4.78 is 0. The molecule has 0 spiro atoms. The average molecular weight is 289 g/mol. The fourth-order valence-electron chi connectivity index (χ4n) is 2.15. The third kappa shape index (κ3) is 5.06. The molecule has 0 fully saturated rings. The number of carboxylic acids is 1. The second-order valence-electron chi connectivity index (χ2n) is 5.04. The molecule has 114 valence electrons. The van der Waals surface area contributed by atoms with Crippen molar-refractivity contribution in [3.63, 3.8) is 0 Å². The summed E-state index contributed by atoms with van der Waals surface area (Å²) in [4.78, 5) is 25.0. The highest BCUT2D eigenvalue weighted by atomic mass is 16.4. The lowest BCUT2D eigenvalue weighted by molar-refractivity contribution is -0.131. The third-order valence-electron chi connectivity index (χ3n) is 3.21. The van der Waals surface area contributed by atoms with Gasteiger partial charge in [0.2, 0.25) is 0 Å². The van der Waals surface area contributed by atoms with E-state index in [0.717, 1.165) is 43.1 Å². The van der Waals surface area contributed by atoms with Gasteiger partial charge in [0.1, 0.15) is 0 Å². The summed E-state index contributed by atoms with van der Waals surface area (Å²) in [6.45, 7) is 7.46. The first-order chi connectivity index (χ1) is 9.99. The Bertz CT molecular complexity index is 529. The highest BCUT2D eigenvalue weighted by Crippen LogP contribution is 2.15. The summed E-state index contributed by atoms with van der Waals surface area (Å²) >= 11 is 0. The summed E-state index contributed by atoms with van der Waals surface area (Å²) in [6, 6.07) is 5.41. The van der Waals surface area contributed by atoms with E-state index in [1.807, 2.05) is 31.7 Å². The van der Waals surface area contributed by atoms with Gasteiger partial charge in [0, 0.05) is 24.7 Å². The molecule has 0 radical (unpaired) electrons. The van der Waals surface area contributed by atoms with Crippen LogP contribution in [0.25, 0.3) is 6.08 Å². The van der Waals surface area contributed by atoms with Crippen LogP contribution in [0.2, 0.25) is 0 Å². The monoisotopic (exact) mass is 289 g/mol. The number of carboxylic acid groups (broad SMARTS) is 1. The molecule has 0 heterocycles. The molecule has 0 aromatic heterocycles. The van der Waals surface area contributed by atoms with Crippen molar-refractivity contribution in [3.8, 4) is 0 Å². The predicted molar refractivity (Wildman–Crippen MR) is 84.3 cm³/mol. The van der Waals surface area contributed by atoms with Crippen LogP contribution < -0.4 is 0 Å². The summed E-state index contributed by atoms with van der Waals surface area (Å²) in [5, 5.41) is 8.71. The van der Waals surface area contributed by atoms with Crippen LogP contribution in [0.4, 0.5) is 0 Å². The first kappa shape index (κ1) is 17.0. The highest BCUT2D eigenvalue weighted by molar-refractivity contribution is 5.95. The van der Waals surface area contributed by atoms with E-state index in [-0.39, 0.29) is 5.91 Å². The second kappa shape index (κ2) is 8.25. The van der Waals surface area contributed by atoms with Gasteiger partial charge in [-0.1, -0.05) is 19.9 Å². The van der Waals surface area contributed by atoms with Gasteiger partial charge >= 0.3 is 5.97 Å². The number of benzene rings is 1. The average Bonchev–Trinajstić information content (AvgIpc) is 2.45.